The molecule has 0 unspecified atom stereocenters. The number of hydrogen-bond acceptors (Lipinski definition) is 5. The molecule has 0 aliphatic carbocycles. The van der Waals surface area contributed by atoms with Gasteiger partial charge in [-0.3, -0.25) is 9.59 Å². The van der Waals surface area contributed by atoms with Crippen LogP contribution in [-0.4, -0.2) is 51.5 Å². The molecule has 0 saturated heterocycles. The van der Waals surface area contributed by atoms with Crippen molar-refractivity contribution in [2.45, 2.75) is 71.2 Å². The Morgan fingerprint density at radius 3 is 2.55 bits per heavy atom. The van der Waals surface area contributed by atoms with Gasteiger partial charge < -0.3 is 31.0 Å². The quantitative estimate of drug-likeness (QED) is 0.369. The van der Waals surface area contributed by atoms with Crippen molar-refractivity contribution >= 4 is 34.5 Å². The Labute approximate surface area is 223 Å². The third-order valence-electron chi connectivity index (χ3n) is 6.64. The average Bonchev–Trinajstić information content (AvgIpc) is 3.23. The molecule has 1 atom stereocenters. The van der Waals surface area contributed by atoms with E-state index >= 15 is 0 Å². The highest BCUT2D eigenvalue weighted by Crippen LogP contribution is 2.24. The molecule has 2 aromatic carbocycles. The van der Waals surface area contributed by atoms with Gasteiger partial charge in [0.05, 0.1) is 0 Å². The Bertz CT molecular complexity index is 1350. The van der Waals surface area contributed by atoms with Gasteiger partial charge in [0.1, 0.15) is 17.2 Å². The van der Waals surface area contributed by atoms with E-state index in [1.54, 1.807) is 39.5 Å². The standard InChI is InChI=1S/C29H37N5O4/c1-28(2,3)38-27(37)33-29(4,5)26(36)32-24(15-19-16-31-23-9-7-6-8-22(19)23)25(35)34-13-12-18-10-11-21(30)14-20(18)17-34/h6-11,14,16,24,31H,12-13,15,17,30H2,1-5H3,(H,32,36)(H,33,37)/t24-/m1/s1. The van der Waals surface area contributed by atoms with Crippen LogP contribution in [0, 0.1) is 0 Å². The number of H-pyrrole nitrogens is 1. The number of nitrogens with one attached hydrogen (secondary N) is 3. The summed E-state index contributed by atoms with van der Waals surface area (Å²) in [4.78, 5) is 44.7. The molecule has 5 N–H and O–H groups in total. The fourth-order valence-electron chi connectivity index (χ4n) is 4.66. The third kappa shape index (κ3) is 6.27. The first kappa shape index (κ1) is 27.0. The number of benzene rings is 2. The molecule has 3 amide bonds. The second kappa shape index (κ2) is 10.4. The molecular formula is C29H37N5O4. The molecule has 4 rings (SSSR count). The minimum absolute atomic E-state index is 0.190. The summed E-state index contributed by atoms with van der Waals surface area (Å²) in [5.41, 5.74) is 8.66. The normalized spacial score (nSPS) is 14.5. The average molecular weight is 520 g/mol. The summed E-state index contributed by atoms with van der Waals surface area (Å²) in [7, 11) is 0. The molecule has 1 aromatic heterocycles. The van der Waals surface area contributed by atoms with Crippen molar-refractivity contribution in [2.75, 3.05) is 12.3 Å². The van der Waals surface area contributed by atoms with Crippen LogP contribution in [-0.2, 0) is 33.7 Å². The van der Waals surface area contributed by atoms with E-state index in [0.29, 0.717) is 25.2 Å². The number of hydrogen-bond donors (Lipinski definition) is 4. The van der Waals surface area contributed by atoms with Crippen molar-refractivity contribution in [1.29, 1.82) is 0 Å². The van der Waals surface area contributed by atoms with E-state index in [4.69, 9.17) is 10.5 Å². The van der Waals surface area contributed by atoms with E-state index in [1.165, 1.54) is 5.56 Å². The first-order valence-electron chi connectivity index (χ1n) is 12.9. The number of para-hydroxylation sites is 1. The molecular weight excluding hydrogens is 482 g/mol. The van der Waals surface area contributed by atoms with Crippen molar-refractivity contribution in [1.82, 2.24) is 20.5 Å². The number of aromatic nitrogens is 1. The van der Waals surface area contributed by atoms with Crippen molar-refractivity contribution in [3.63, 3.8) is 0 Å². The fraction of sp³-hybridized carbons (Fsp3) is 0.414. The summed E-state index contributed by atoms with van der Waals surface area (Å²) >= 11 is 0. The van der Waals surface area contributed by atoms with Crippen LogP contribution in [0.15, 0.2) is 48.7 Å². The number of nitrogens with two attached hydrogens (primary N) is 1. The lowest BCUT2D eigenvalue weighted by molar-refractivity contribution is -0.138. The Hall–Kier alpha value is -4.01. The Kier molecular flexibility index (Phi) is 7.40. The van der Waals surface area contributed by atoms with Gasteiger partial charge in [0, 0.05) is 42.3 Å². The van der Waals surface area contributed by atoms with E-state index in [0.717, 1.165) is 22.0 Å². The summed E-state index contributed by atoms with van der Waals surface area (Å²) < 4.78 is 5.33. The molecule has 3 aromatic rings. The minimum atomic E-state index is -1.32. The summed E-state index contributed by atoms with van der Waals surface area (Å²) in [6, 6.07) is 12.8. The highest BCUT2D eigenvalue weighted by molar-refractivity contribution is 5.94. The lowest BCUT2D eigenvalue weighted by Gasteiger charge is -2.34. The molecule has 9 nitrogen and oxygen atoms in total. The predicted molar refractivity (Wildman–Crippen MR) is 147 cm³/mol. The number of carbonyl (C=O) groups excluding carboxylic acids is 3. The van der Waals surface area contributed by atoms with Crippen LogP contribution < -0.4 is 16.4 Å². The van der Waals surface area contributed by atoms with Gasteiger partial charge in [-0.1, -0.05) is 24.3 Å². The molecule has 9 heteroatoms. The maximum absolute atomic E-state index is 13.9. The smallest absolute Gasteiger partial charge is 0.408 e. The van der Waals surface area contributed by atoms with E-state index in [-0.39, 0.29) is 12.3 Å². The van der Waals surface area contributed by atoms with Crippen molar-refractivity contribution in [2.24, 2.45) is 0 Å². The Morgan fingerprint density at radius 1 is 1.08 bits per heavy atom. The van der Waals surface area contributed by atoms with Gasteiger partial charge in [0.15, 0.2) is 0 Å². The summed E-state index contributed by atoms with van der Waals surface area (Å²) in [5, 5.41) is 6.54. The fourth-order valence-corrected chi connectivity index (χ4v) is 4.66. The van der Waals surface area contributed by atoms with Crippen molar-refractivity contribution in [3.8, 4) is 0 Å². The van der Waals surface area contributed by atoms with E-state index in [2.05, 4.69) is 15.6 Å². The molecule has 2 heterocycles. The zero-order valence-corrected chi connectivity index (χ0v) is 22.7. The number of nitrogen functional groups attached to an aromatic ring is 1. The highest BCUT2D eigenvalue weighted by Gasteiger charge is 2.36. The van der Waals surface area contributed by atoms with Gasteiger partial charge in [0.25, 0.3) is 0 Å². The van der Waals surface area contributed by atoms with E-state index in [1.807, 2.05) is 48.7 Å². The first-order chi connectivity index (χ1) is 17.8. The van der Waals surface area contributed by atoms with Gasteiger partial charge >= 0.3 is 6.09 Å². The van der Waals surface area contributed by atoms with Crippen LogP contribution in [0.25, 0.3) is 10.9 Å². The molecule has 202 valence electrons. The van der Waals surface area contributed by atoms with E-state index < -0.39 is 29.2 Å². The number of nitrogens with zero attached hydrogens (tertiary/aromatic N) is 1. The number of ether oxygens (including phenoxy) is 1. The minimum Gasteiger partial charge on any atom is -0.444 e. The van der Waals surface area contributed by atoms with Gasteiger partial charge in [-0.2, -0.15) is 0 Å². The highest BCUT2D eigenvalue weighted by atomic mass is 16.6. The summed E-state index contributed by atoms with van der Waals surface area (Å²) in [6.07, 6.45) is 2.16. The zero-order valence-electron chi connectivity index (χ0n) is 22.7. The van der Waals surface area contributed by atoms with Gasteiger partial charge in [-0.25, -0.2) is 4.79 Å². The molecule has 0 bridgehead atoms. The molecule has 0 fully saturated rings. The van der Waals surface area contributed by atoms with Crippen LogP contribution >= 0.6 is 0 Å². The number of anilines is 1. The number of amides is 3. The third-order valence-corrected chi connectivity index (χ3v) is 6.64. The maximum atomic E-state index is 13.9. The molecule has 1 aliphatic heterocycles. The number of rotatable bonds is 6. The molecule has 0 saturated carbocycles. The number of fused-ring (bicyclic) bond motifs is 2. The van der Waals surface area contributed by atoms with Gasteiger partial charge in [0.2, 0.25) is 11.8 Å². The van der Waals surface area contributed by atoms with Gasteiger partial charge in [-0.05, 0) is 75.9 Å². The van der Waals surface area contributed by atoms with Crippen LogP contribution in [0.1, 0.15) is 51.3 Å². The zero-order chi connectivity index (χ0) is 27.7. The van der Waals surface area contributed by atoms with Gasteiger partial charge in [-0.15, -0.1) is 0 Å². The Morgan fingerprint density at radius 2 is 1.82 bits per heavy atom. The lowest BCUT2D eigenvalue weighted by Crippen LogP contribution is -2.60. The van der Waals surface area contributed by atoms with Crippen molar-refractivity contribution in [3.05, 3.63) is 65.4 Å². The maximum Gasteiger partial charge on any atom is 0.408 e. The largest absolute Gasteiger partial charge is 0.444 e. The van der Waals surface area contributed by atoms with Crippen LogP contribution in [0.5, 0.6) is 0 Å². The first-order valence-corrected chi connectivity index (χ1v) is 12.9. The SMILES string of the molecule is CC(C)(C)OC(=O)NC(C)(C)C(=O)N[C@H](Cc1c[nH]c2ccccc12)C(=O)N1CCc2ccc(N)cc2C1. The molecule has 1 aliphatic rings. The summed E-state index contributed by atoms with van der Waals surface area (Å²) in [6.45, 7) is 9.37. The van der Waals surface area contributed by atoms with Crippen molar-refractivity contribution < 1.29 is 19.1 Å². The predicted octanol–water partition coefficient (Wildman–Crippen LogP) is 3.67. The van der Waals surface area contributed by atoms with Crippen LogP contribution in [0.3, 0.4) is 0 Å². The molecule has 0 radical (unpaired) electrons. The number of alkyl carbamates (subject to hydrolysis) is 1. The number of aromatic amines is 1. The molecule has 0 spiro atoms. The van der Waals surface area contributed by atoms with Crippen LogP contribution in [0.2, 0.25) is 0 Å². The van der Waals surface area contributed by atoms with E-state index in [9.17, 15) is 14.4 Å². The second-order valence-electron chi connectivity index (χ2n) is 11.4. The topological polar surface area (TPSA) is 130 Å². The Balaban J connectivity index is 1.57. The van der Waals surface area contributed by atoms with Crippen LogP contribution in [0.4, 0.5) is 10.5 Å². The summed E-state index contributed by atoms with van der Waals surface area (Å²) in [5.74, 6) is -0.673. The second-order valence-corrected chi connectivity index (χ2v) is 11.4. The number of carbonyl (C=O) groups is 3. The lowest BCUT2D eigenvalue weighted by atomic mass is 9.96. The monoisotopic (exact) mass is 519 g/mol. The molecule has 38 heavy (non-hydrogen) atoms.